The molecule has 0 aliphatic carbocycles. The summed E-state index contributed by atoms with van der Waals surface area (Å²) < 4.78 is 0. The molecule has 1 aliphatic rings. The standard InChI is InChI=1S/C13H23N5/c1-10(2)11(3)16-13-15-5-4-12(17-13)18-8-6-14-7-9-18/h4-5,10-11,14H,6-9H2,1-3H3,(H,15,16,17)/t11-/m0/s1. The summed E-state index contributed by atoms with van der Waals surface area (Å²) in [5.74, 6) is 2.31. The highest BCUT2D eigenvalue weighted by Crippen LogP contribution is 2.14. The Hall–Kier alpha value is -1.36. The maximum absolute atomic E-state index is 4.59. The van der Waals surface area contributed by atoms with Crippen molar-refractivity contribution in [1.29, 1.82) is 0 Å². The monoisotopic (exact) mass is 249 g/mol. The zero-order valence-electron chi connectivity index (χ0n) is 11.5. The summed E-state index contributed by atoms with van der Waals surface area (Å²) in [5, 5.41) is 6.70. The van der Waals surface area contributed by atoms with Gasteiger partial charge in [-0.05, 0) is 18.9 Å². The largest absolute Gasteiger partial charge is 0.354 e. The van der Waals surface area contributed by atoms with Crippen LogP contribution in [0.25, 0.3) is 0 Å². The lowest BCUT2D eigenvalue weighted by molar-refractivity contribution is 0.555. The van der Waals surface area contributed by atoms with Gasteiger partial charge in [0.05, 0.1) is 0 Å². The van der Waals surface area contributed by atoms with Crippen LogP contribution in [0.1, 0.15) is 20.8 Å². The van der Waals surface area contributed by atoms with Crippen LogP contribution in [0.3, 0.4) is 0 Å². The van der Waals surface area contributed by atoms with Gasteiger partial charge in [-0.15, -0.1) is 0 Å². The minimum Gasteiger partial charge on any atom is -0.354 e. The molecule has 1 aromatic heterocycles. The van der Waals surface area contributed by atoms with Gasteiger partial charge < -0.3 is 15.5 Å². The van der Waals surface area contributed by atoms with Crippen molar-refractivity contribution in [2.45, 2.75) is 26.8 Å². The normalized spacial score (nSPS) is 17.9. The van der Waals surface area contributed by atoms with Crippen LogP contribution in [0.2, 0.25) is 0 Å². The van der Waals surface area contributed by atoms with E-state index in [1.807, 2.05) is 12.3 Å². The lowest BCUT2D eigenvalue weighted by atomic mass is 10.1. The molecule has 1 aromatic rings. The second-order valence-electron chi connectivity index (χ2n) is 5.15. The Bertz CT molecular complexity index is 373. The number of hydrogen-bond donors (Lipinski definition) is 2. The van der Waals surface area contributed by atoms with Crippen LogP contribution in [0.15, 0.2) is 12.3 Å². The number of rotatable bonds is 4. The van der Waals surface area contributed by atoms with Gasteiger partial charge in [-0.2, -0.15) is 4.98 Å². The summed E-state index contributed by atoms with van der Waals surface area (Å²) in [4.78, 5) is 11.2. The van der Waals surface area contributed by atoms with Crippen LogP contribution in [-0.2, 0) is 0 Å². The molecule has 0 spiro atoms. The third-order valence-corrected chi connectivity index (χ3v) is 3.44. The lowest BCUT2D eigenvalue weighted by Crippen LogP contribution is -2.44. The van der Waals surface area contributed by atoms with Gasteiger partial charge in [-0.25, -0.2) is 4.98 Å². The molecular weight excluding hydrogens is 226 g/mol. The smallest absolute Gasteiger partial charge is 0.224 e. The van der Waals surface area contributed by atoms with Crippen LogP contribution >= 0.6 is 0 Å². The van der Waals surface area contributed by atoms with E-state index in [-0.39, 0.29) is 0 Å². The quantitative estimate of drug-likeness (QED) is 0.843. The predicted molar refractivity (Wildman–Crippen MR) is 75.0 cm³/mol. The maximum atomic E-state index is 4.59. The van der Waals surface area contributed by atoms with Crippen molar-refractivity contribution < 1.29 is 0 Å². The summed E-state index contributed by atoms with van der Waals surface area (Å²) in [6.45, 7) is 10.6. The third-order valence-electron chi connectivity index (χ3n) is 3.44. The Morgan fingerprint density at radius 2 is 2.00 bits per heavy atom. The zero-order chi connectivity index (χ0) is 13.0. The molecule has 5 nitrogen and oxygen atoms in total. The zero-order valence-corrected chi connectivity index (χ0v) is 11.5. The molecule has 2 rings (SSSR count). The fourth-order valence-corrected chi connectivity index (χ4v) is 1.86. The molecular formula is C13H23N5. The van der Waals surface area contributed by atoms with E-state index in [1.54, 1.807) is 0 Å². The molecule has 0 amide bonds. The molecule has 0 bridgehead atoms. The van der Waals surface area contributed by atoms with Crippen molar-refractivity contribution in [3.8, 4) is 0 Å². The van der Waals surface area contributed by atoms with Crippen LogP contribution < -0.4 is 15.5 Å². The van der Waals surface area contributed by atoms with Gasteiger partial charge >= 0.3 is 0 Å². The average Bonchev–Trinajstić information content (AvgIpc) is 2.40. The van der Waals surface area contributed by atoms with Gasteiger partial charge in [-0.1, -0.05) is 13.8 Å². The second kappa shape index (κ2) is 6.00. The SMILES string of the molecule is CC(C)[C@H](C)Nc1nccc(N2CCNCC2)n1. The van der Waals surface area contributed by atoms with E-state index in [0.29, 0.717) is 12.0 Å². The Morgan fingerprint density at radius 1 is 1.28 bits per heavy atom. The predicted octanol–water partition coefficient (Wildman–Crippen LogP) is 1.34. The first-order valence-electron chi connectivity index (χ1n) is 6.72. The van der Waals surface area contributed by atoms with Crippen LogP contribution in [0.4, 0.5) is 11.8 Å². The number of piperazine rings is 1. The average molecular weight is 249 g/mol. The van der Waals surface area contributed by atoms with E-state index >= 15 is 0 Å². The molecule has 1 saturated heterocycles. The highest BCUT2D eigenvalue weighted by Gasteiger charge is 2.13. The Morgan fingerprint density at radius 3 is 2.67 bits per heavy atom. The number of nitrogens with zero attached hydrogens (tertiary/aromatic N) is 3. The first-order valence-corrected chi connectivity index (χ1v) is 6.72. The minimum atomic E-state index is 0.378. The Kier molecular flexibility index (Phi) is 4.36. The first-order chi connectivity index (χ1) is 8.66. The van der Waals surface area contributed by atoms with Gasteiger partial charge in [0.25, 0.3) is 0 Å². The first kappa shape index (κ1) is 13.1. The van der Waals surface area contributed by atoms with E-state index in [2.05, 4.69) is 46.3 Å². The molecule has 1 atom stereocenters. The molecule has 5 heteroatoms. The maximum Gasteiger partial charge on any atom is 0.224 e. The van der Waals surface area contributed by atoms with E-state index in [0.717, 1.165) is 37.9 Å². The summed E-state index contributed by atoms with van der Waals surface area (Å²) in [5.41, 5.74) is 0. The van der Waals surface area contributed by atoms with Gasteiger partial charge in [-0.3, -0.25) is 0 Å². The van der Waals surface area contributed by atoms with E-state index in [9.17, 15) is 0 Å². The highest BCUT2D eigenvalue weighted by molar-refractivity contribution is 5.43. The van der Waals surface area contributed by atoms with Crippen molar-refractivity contribution in [2.24, 2.45) is 5.92 Å². The number of anilines is 2. The fourth-order valence-electron chi connectivity index (χ4n) is 1.86. The van der Waals surface area contributed by atoms with Crippen molar-refractivity contribution in [3.63, 3.8) is 0 Å². The number of aromatic nitrogens is 2. The van der Waals surface area contributed by atoms with Gasteiger partial charge in [0.15, 0.2) is 0 Å². The second-order valence-corrected chi connectivity index (χ2v) is 5.15. The molecule has 1 aliphatic heterocycles. The molecule has 0 radical (unpaired) electrons. The summed E-state index contributed by atoms with van der Waals surface area (Å²) in [6, 6.07) is 2.36. The number of hydrogen-bond acceptors (Lipinski definition) is 5. The van der Waals surface area contributed by atoms with Crippen molar-refractivity contribution in [1.82, 2.24) is 15.3 Å². The summed E-state index contributed by atoms with van der Waals surface area (Å²) in [7, 11) is 0. The van der Waals surface area contributed by atoms with Gasteiger partial charge in [0.2, 0.25) is 5.95 Å². The molecule has 1 fully saturated rings. The Labute approximate surface area is 109 Å². The fraction of sp³-hybridized carbons (Fsp3) is 0.692. The molecule has 18 heavy (non-hydrogen) atoms. The van der Waals surface area contributed by atoms with Crippen LogP contribution in [0.5, 0.6) is 0 Å². The molecule has 0 saturated carbocycles. The van der Waals surface area contributed by atoms with E-state index in [1.165, 1.54) is 0 Å². The lowest BCUT2D eigenvalue weighted by Gasteiger charge is -2.28. The molecule has 0 aromatic carbocycles. The van der Waals surface area contributed by atoms with E-state index < -0.39 is 0 Å². The Balaban J connectivity index is 2.04. The minimum absolute atomic E-state index is 0.378. The van der Waals surface area contributed by atoms with Crippen molar-refractivity contribution in [3.05, 3.63) is 12.3 Å². The third kappa shape index (κ3) is 3.32. The van der Waals surface area contributed by atoms with Crippen molar-refractivity contribution >= 4 is 11.8 Å². The van der Waals surface area contributed by atoms with Crippen LogP contribution in [0, 0.1) is 5.92 Å². The van der Waals surface area contributed by atoms with Gasteiger partial charge in [0.1, 0.15) is 5.82 Å². The molecule has 2 heterocycles. The van der Waals surface area contributed by atoms with Gasteiger partial charge in [0, 0.05) is 38.4 Å². The highest BCUT2D eigenvalue weighted by atomic mass is 15.3. The molecule has 0 unspecified atom stereocenters. The molecule has 2 N–H and O–H groups in total. The summed E-state index contributed by atoms with van der Waals surface area (Å²) >= 11 is 0. The van der Waals surface area contributed by atoms with E-state index in [4.69, 9.17) is 0 Å². The number of nitrogens with one attached hydrogen (secondary N) is 2. The summed E-state index contributed by atoms with van der Waals surface area (Å²) in [6.07, 6.45) is 1.83. The van der Waals surface area contributed by atoms with Crippen LogP contribution in [-0.4, -0.2) is 42.2 Å². The van der Waals surface area contributed by atoms with Crippen molar-refractivity contribution in [2.75, 3.05) is 36.4 Å². The molecule has 100 valence electrons. The topological polar surface area (TPSA) is 53.1 Å².